The highest BCUT2D eigenvalue weighted by Crippen LogP contribution is 2.30. The van der Waals surface area contributed by atoms with Crippen LogP contribution in [0, 0.1) is 0 Å². The summed E-state index contributed by atoms with van der Waals surface area (Å²) in [6.45, 7) is 6.10. The summed E-state index contributed by atoms with van der Waals surface area (Å²) >= 11 is 1.76. The maximum atomic E-state index is 12.6. The fraction of sp³-hybridized carbons (Fsp3) is 1.00. The van der Waals surface area contributed by atoms with Crippen LogP contribution in [0.1, 0.15) is 46.0 Å². The number of piperidine rings is 1. The van der Waals surface area contributed by atoms with E-state index < -0.39 is 10.2 Å². The number of thioether (sulfide) groups is 1. The van der Waals surface area contributed by atoms with Gasteiger partial charge in [-0.2, -0.15) is 24.5 Å². The smallest absolute Gasteiger partial charge is 0.279 e. The molecule has 1 heterocycles. The molecule has 0 aromatic carbocycles. The van der Waals surface area contributed by atoms with Gasteiger partial charge in [0.2, 0.25) is 0 Å². The van der Waals surface area contributed by atoms with Crippen molar-refractivity contribution in [1.29, 1.82) is 0 Å². The highest BCUT2D eigenvalue weighted by atomic mass is 32.2. The van der Waals surface area contributed by atoms with Gasteiger partial charge >= 0.3 is 0 Å². The maximum absolute atomic E-state index is 12.6. The third-order valence-electron chi connectivity index (χ3n) is 4.62. The second-order valence-electron chi connectivity index (χ2n) is 5.74. The first-order chi connectivity index (χ1) is 9.94. The molecule has 21 heavy (non-hydrogen) atoms. The fourth-order valence-electron chi connectivity index (χ4n) is 2.90. The number of likely N-dealkylation sites (N-methyl/N-ethyl adjacent to an activating group) is 1. The number of nitrogens with zero attached hydrogens (tertiary/aromatic N) is 1. The van der Waals surface area contributed by atoms with Gasteiger partial charge in [0.25, 0.3) is 10.2 Å². The predicted molar refractivity (Wildman–Crippen MR) is 92.0 cm³/mol. The van der Waals surface area contributed by atoms with E-state index in [1.165, 1.54) is 0 Å². The Morgan fingerprint density at radius 3 is 2.48 bits per heavy atom. The lowest BCUT2D eigenvalue weighted by Gasteiger charge is -2.36. The van der Waals surface area contributed by atoms with Gasteiger partial charge in [-0.15, -0.1) is 0 Å². The minimum atomic E-state index is -3.39. The zero-order valence-corrected chi connectivity index (χ0v) is 15.4. The van der Waals surface area contributed by atoms with Gasteiger partial charge in [-0.3, -0.25) is 0 Å². The van der Waals surface area contributed by atoms with Gasteiger partial charge in [0.15, 0.2) is 0 Å². The molecule has 0 aromatic rings. The third kappa shape index (κ3) is 5.10. The van der Waals surface area contributed by atoms with Crippen molar-refractivity contribution in [1.82, 2.24) is 14.3 Å². The van der Waals surface area contributed by atoms with Crippen LogP contribution in [0.2, 0.25) is 0 Å². The molecule has 1 atom stereocenters. The first-order valence-corrected chi connectivity index (χ1v) is 10.6. The summed E-state index contributed by atoms with van der Waals surface area (Å²) in [6.07, 6.45) is 7.00. The Labute approximate surface area is 134 Å². The molecule has 0 spiro atoms. The van der Waals surface area contributed by atoms with E-state index >= 15 is 0 Å². The topological polar surface area (TPSA) is 61.4 Å². The Morgan fingerprint density at radius 1 is 1.29 bits per heavy atom. The predicted octanol–water partition coefficient (Wildman–Crippen LogP) is 1.82. The summed E-state index contributed by atoms with van der Waals surface area (Å²) in [5.74, 6) is 0. The number of hydrogen-bond acceptors (Lipinski definition) is 4. The molecule has 0 radical (unpaired) electrons. The van der Waals surface area contributed by atoms with Crippen LogP contribution in [0.3, 0.4) is 0 Å². The molecule has 126 valence electrons. The normalized spacial score (nSPS) is 21.6. The van der Waals surface area contributed by atoms with Crippen LogP contribution in [-0.2, 0) is 10.2 Å². The van der Waals surface area contributed by atoms with E-state index in [1.54, 1.807) is 16.1 Å². The standard InChI is InChI=1S/C14H31N3O2S2/c1-5-14(6-2,20-4)12-16-21(18,19)17-10-8-7-9-13(17)11-15-3/h13,15-16H,5-12H2,1-4H3. The molecule has 7 heteroatoms. The second kappa shape index (κ2) is 8.72. The van der Waals surface area contributed by atoms with Gasteiger partial charge in [0.1, 0.15) is 0 Å². The molecular weight excluding hydrogens is 306 g/mol. The molecule has 1 fully saturated rings. The van der Waals surface area contributed by atoms with Crippen molar-refractivity contribution in [3.63, 3.8) is 0 Å². The first kappa shape index (κ1) is 19.2. The maximum Gasteiger partial charge on any atom is 0.279 e. The van der Waals surface area contributed by atoms with Crippen LogP contribution in [0.25, 0.3) is 0 Å². The van der Waals surface area contributed by atoms with E-state index in [-0.39, 0.29) is 10.8 Å². The van der Waals surface area contributed by atoms with Crippen LogP contribution in [0.4, 0.5) is 0 Å². The van der Waals surface area contributed by atoms with Gasteiger partial charge in [-0.05, 0) is 39.0 Å². The third-order valence-corrected chi connectivity index (χ3v) is 7.82. The average molecular weight is 338 g/mol. The van der Waals surface area contributed by atoms with Gasteiger partial charge in [-0.1, -0.05) is 20.3 Å². The number of nitrogens with one attached hydrogen (secondary N) is 2. The molecule has 0 aromatic heterocycles. The highest BCUT2D eigenvalue weighted by Gasteiger charge is 2.34. The molecule has 1 saturated heterocycles. The lowest BCUT2D eigenvalue weighted by atomic mass is 10.0. The molecule has 0 bridgehead atoms. The van der Waals surface area contributed by atoms with Crippen LogP contribution < -0.4 is 10.0 Å². The Bertz CT molecular complexity index is 387. The lowest BCUT2D eigenvalue weighted by molar-refractivity contribution is 0.245. The van der Waals surface area contributed by atoms with Crippen molar-refractivity contribution in [3.05, 3.63) is 0 Å². The highest BCUT2D eigenvalue weighted by molar-refractivity contribution is 8.00. The second-order valence-corrected chi connectivity index (χ2v) is 8.72. The van der Waals surface area contributed by atoms with E-state index in [0.29, 0.717) is 13.1 Å². The first-order valence-electron chi connectivity index (χ1n) is 7.91. The molecule has 1 rings (SSSR count). The van der Waals surface area contributed by atoms with Gasteiger partial charge in [0, 0.05) is 30.4 Å². The van der Waals surface area contributed by atoms with Gasteiger partial charge < -0.3 is 5.32 Å². The summed E-state index contributed by atoms with van der Waals surface area (Å²) in [7, 11) is -1.51. The Morgan fingerprint density at radius 2 is 1.95 bits per heavy atom. The average Bonchev–Trinajstić information content (AvgIpc) is 2.50. The largest absolute Gasteiger partial charge is 0.318 e. The zero-order valence-electron chi connectivity index (χ0n) is 13.8. The molecule has 1 aliphatic heterocycles. The van der Waals surface area contributed by atoms with E-state index in [0.717, 1.165) is 38.6 Å². The molecular formula is C14H31N3O2S2. The Hall–Kier alpha value is 0.180. The van der Waals surface area contributed by atoms with Crippen LogP contribution >= 0.6 is 11.8 Å². The van der Waals surface area contributed by atoms with E-state index in [4.69, 9.17) is 0 Å². The molecule has 0 saturated carbocycles. The summed E-state index contributed by atoms with van der Waals surface area (Å²) in [5.41, 5.74) is 0. The van der Waals surface area contributed by atoms with Crippen LogP contribution in [-0.4, -0.2) is 56.4 Å². The fourth-order valence-corrected chi connectivity index (χ4v) is 5.35. The summed E-state index contributed by atoms with van der Waals surface area (Å²) in [4.78, 5) is 0. The van der Waals surface area contributed by atoms with E-state index in [1.807, 2.05) is 7.05 Å². The monoisotopic (exact) mass is 337 g/mol. The minimum Gasteiger partial charge on any atom is -0.318 e. The molecule has 1 aliphatic rings. The quantitative estimate of drug-likeness (QED) is 0.674. The SMILES string of the molecule is CCC(CC)(CNS(=O)(=O)N1CCCCC1CNC)SC. The van der Waals surface area contributed by atoms with E-state index in [9.17, 15) is 8.42 Å². The molecule has 1 unspecified atom stereocenters. The van der Waals surface area contributed by atoms with E-state index in [2.05, 4.69) is 30.1 Å². The minimum absolute atomic E-state index is 0.00135. The van der Waals surface area contributed by atoms with Crippen LogP contribution in [0.15, 0.2) is 0 Å². The summed E-state index contributed by atoms with van der Waals surface area (Å²) in [5, 5.41) is 3.11. The zero-order chi connectivity index (χ0) is 15.9. The van der Waals surface area contributed by atoms with Gasteiger partial charge in [0.05, 0.1) is 0 Å². The molecule has 2 N–H and O–H groups in total. The summed E-state index contributed by atoms with van der Waals surface area (Å²) < 4.78 is 29.8. The molecule has 0 amide bonds. The molecule has 0 aliphatic carbocycles. The number of rotatable bonds is 9. The molecule has 5 nitrogen and oxygen atoms in total. The van der Waals surface area contributed by atoms with Crippen molar-refractivity contribution in [2.24, 2.45) is 0 Å². The Kier molecular flexibility index (Phi) is 7.98. The van der Waals surface area contributed by atoms with Crippen molar-refractivity contribution >= 4 is 22.0 Å². The van der Waals surface area contributed by atoms with Gasteiger partial charge in [-0.25, -0.2) is 4.72 Å². The Balaban J connectivity index is 2.75. The van der Waals surface area contributed by atoms with Crippen molar-refractivity contribution in [2.45, 2.75) is 56.7 Å². The number of hydrogen-bond donors (Lipinski definition) is 2. The van der Waals surface area contributed by atoms with Crippen LogP contribution in [0.5, 0.6) is 0 Å². The summed E-state index contributed by atoms with van der Waals surface area (Å²) in [6, 6.07) is 0.0770. The van der Waals surface area contributed by atoms with Crippen molar-refractivity contribution in [3.8, 4) is 0 Å². The van der Waals surface area contributed by atoms with Crippen molar-refractivity contribution < 1.29 is 8.42 Å². The van der Waals surface area contributed by atoms with Crippen molar-refractivity contribution in [2.75, 3.05) is 32.9 Å². The lowest BCUT2D eigenvalue weighted by Crippen LogP contribution is -2.54.